The summed E-state index contributed by atoms with van der Waals surface area (Å²) in [7, 11) is 0. The predicted molar refractivity (Wildman–Crippen MR) is 59.6 cm³/mol. The Bertz CT molecular complexity index is 321. The molecule has 0 aliphatic carbocycles. The highest BCUT2D eigenvalue weighted by molar-refractivity contribution is 7.14. The fourth-order valence-electron chi connectivity index (χ4n) is 1.87. The summed E-state index contributed by atoms with van der Waals surface area (Å²) >= 11 is 1.77. The van der Waals surface area contributed by atoms with E-state index in [1.807, 2.05) is 0 Å². The number of piperidine rings is 1. The first-order valence-electron chi connectivity index (χ1n) is 4.81. The summed E-state index contributed by atoms with van der Waals surface area (Å²) in [6.45, 7) is 3.13. The zero-order valence-electron chi connectivity index (χ0n) is 8.18. The predicted octanol–water partition coefficient (Wildman–Crippen LogP) is 2.57. The van der Waals surface area contributed by atoms with Crippen molar-refractivity contribution in [3.05, 3.63) is 17.5 Å². The Morgan fingerprint density at radius 3 is 3.07 bits per heavy atom. The summed E-state index contributed by atoms with van der Waals surface area (Å²) in [6, 6.07) is 4.65. The standard InChI is InChI=1S/C10H14N2OS/c1-8-7-9(11-13)4-5-12(8)10-3-2-6-14-10/h2-3,6,8,13H,4-5,7H2,1H3. The molecule has 1 atom stereocenters. The van der Waals surface area contributed by atoms with Gasteiger partial charge in [0, 0.05) is 25.4 Å². The lowest BCUT2D eigenvalue weighted by molar-refractivity contribution is 0.314. The average molecular weight is 210 g/mol. The Morgan fingerprint density at radius 1 is 1.64 bits per heavy atom. The summed E-state index contributed by atoms with van der Waals surface area (Å²) in [5.41, 5.74) is 0.922. The zero-order valence-corrected chi connectivity index (χ0v) is 9.00. The van der Waals surface area contributed by atoms with Crippen LogP contribution in [0.15, 0.2) is 22.7 Å². The van der Waals surface area contributed by atoms with Gasteiger partial charge in [-0.25, -0.2) is 0 Å². The fraction of sp³-hybridized carbons (Fsp3) is 0.500. The lowest BCUT2D eigenvalue weighted by Crippen LogP contribution is -2.40. The largest absolute Gasteiger partial charge is 0.411 e. The van der Waals surface area contributed by atoms with Crippen molar-refractivity contribution in [2.24, 2.45) is 5.16 Å². The minimum Gasteiger partial charge on any atom is -0.411 e. The van der Waals surface area contributed by atoms with Crippen LogP contribution in [-0.4, -0.2) is 23.5 Å². The van der Waals surface area contributed by atoms with E-state index >= 15 is 0 Å². The highest BCUT2D eigenvalue weighted by Crippen LogP contribution is 2.27. The minimum absolute atomic E-state index is 0.438. The van der Waals surface area contributed by atoms with Gasteiger partial charge in [0.2, 0.25) is 0 Å². The molecule has 1 fully saturated rings. The fourth-order valence-corrected chi connectivity index (χ4v) is 2.74. The van der Waals surface area contributed by atoms with Gasteiger partial charge >= 0.3 is 0 Å². The van der Waals surface area contributed by atoms with Crippen molar-refractivity contribution in [1.29, 1.82) is 0 Å². The molecule has 0 radical (unpaired) electrons. The molecule has 1 N–H and O–H groups in total. The van der Waals surface area contributed by atoms with Crippen LogP contribution in [0.4, 0.5) is 5.00 Å². The third kappa shape index (κ3) is 1.75. The van der Waals surface area contributed by atoms with Crippen LogP contribution in [0.3, 0.4) is 0 Å². The first-order valence-corrected chi connectivity index (χ1v) is 5.69. The second kappa shape index (κ2) is 4.00. The topological polar surface area (TPSA) is 35.8 Å². The first-order chi connectivity index (χ1) is 6.81. The van der Waals surface area contributed by atoms with E-state index in [2.05, 4.69) is 34.5 Å². The molecule has 1 aliphatic rings. The summed E-state index contributed by atoms with van der Waals surface area (Å²) in [5, 5.41) is 15.4. The molecule has 2 rings (SSSR count). The number of thiophene rings is 1. The lowest BCUT2D eigenvalue weighted by atomic mass is 10.0. The van der Waals surface area contributed by atoms with E-state index in [0.717, 1.165) is 25.1 Å². The van der Waals surface area contributed by atoms with Crippen LogP contribution < -0.4 is 4.90 Å². The molecule has 0 spiro atoms. The van der Waals surface area contributed by atoms with E-state index in [4.69, 9.17) is 5.21 Å². The smallest absolute Gasteiger partial charge is 0.0911 e. The van der Waals surface area contributed by atoms with Crippen molar-refractivity contribution < 1.29 is 5.21 Å². The van der Waals surface area contributed by atoms with E-state index < -0.39 is 0 Å². The minimum atomic E-state index is 0.438. The summed E-state index contributed by atoms with van der Waals surface area (Å²) in [6.07, 6.45) is 1.74. The molecule has 1 aromatic rings. The number of anilines is 1. The number of hydrogen-bond donors (Lipinski definition) is 1. The van der Waals surface area contributed by atoms with Gasteiger partial charge in [0.15, 0.2) is 0 Å². The van der Waals surface area contributed by atoms with Gasteiger partial charge in [0.1, 0.15) is 0 Å². The van der Waals surface area contributed by atoms with Crippen molar-refractivity contribution in [2.45, 2.75) is 25.8 Å². The molecular formula is C10H14N2OS. The van der Waals surface area contributed by atoms with Gasteiger partial charge in [-0.15, -0.1) is 11.3 Å². The van der Waals surface area contributed by atoms with E-state index in [1.54, 1.807) is 11.3 Å². The molecule has 0 amide bonds. The molecule has 76 valence electrons. The number of nitrogens with zero attached hydrogens (tertiary/aromatic N) is 2. The van der Waals surface area contributed by atoms with Crippen LogP contribution in [0.25, 0.3) is 0 Å². The molecule has 0 aromatic carbocycles. The number of oxime groups is 1. The monoisotopic (exact) mass is 210 g/mol. The maximum Gasteiger partial charge on any atom is 0.0911 e. The quantitative estimate of drug-likeness (QED) is 0.571. The van der Waals surface area contributed by atoms with E-state index in [0.29, 0.717) is 6.04 Å². The summed E-state index contributed by atoms with van der Waals surface area (Å²) < 4.78 is 0. The Morgan fingerprint density at radius 2 is 2.50 bits per heavy atom. The van der Waals surface area contributed by atoms with Crippen LogP contribution in [0.5, 0.6) is 0 Å². The van der Waals surface area contributed by atoms with Crippen LogP contribution in [0.1, 0.15) is 19.8 Å². The Hall–Kier alpha value is -1.03. The van der Waals surface area contributed by atoms with Crippen molar-refractivity contribution in [1.82, 2.24) is 0 Å². The van der Waals surface area contributed by atoms with E-state index in [1.165, 1.54) is 5.00 Å². The van der Waals surface area contributed by atoms with Gasteiger partial charge in [0.25, 0.3) is 0 Å². The van der Waals surface area contributed by atoms with Gasteiger partial charge in [-0.3, -0.25) is 0 Å². The Labute approximate surface area is 87.7 Å². The normalized spacial score (nSPS) is 25.6. The second-order valence-electron chi connectivity index (χ2n) is 3.61. The molecule has 1 saturated heterocycles. The third-order valence-electron chi connectivity index (χ3n) is 2.64. The molecule has 14 heavy (non-hydrogen) atoms. The maximum absolute atomic E-state index is 8.70. The van der Waals surface area contributed by atoms with E-state index in [-0.39, 0.29) is 0 Å². The van der Waals surface area contributed by atoms with Crippen molar-refractivity contribution >= 4 is 22.0 Å². The number of hydrogen-bond acceptors (Lipinski definition) is 4. The van der Waals surface area contributed by atoms with Gasteiger partial charge in [-0.1, -0.05) is 5.16 Å². The summed E-state index contributed by atoms with van der Waals surface area (Å²) in [4.78, 5) is 2.37. The Balaban J connectivity index is 2.10. The summed E-state index contributed by atoms with van der Waals surface area (Å²) in [5.74, 6) is 0. The SMILES string of the molecule is CC1CC(=NO)CCN1c1cccs1. The third-order valence-corrected chi connectivity index (χ3v) is 3.54. The van der Waals surface area contributed by atoms with Gasteiger partial charge in [0.05, 0.1) is 10.7 Å². The highest BCUT2D eigenvalue weighted by Gasteiger charge is 2.23. The molecule has 1 unspecified atom stereocenters. The van der Waals surface area contributed by atoms with Gasteiger partial charge < -0.3 is 10.1 Å². The first kappa shape index (κ1) is 9.52. The zero-order chi connectivity index (χ0) is 9.97. The van der Waals surface area contributed by atoms with Crippen molar-refractivity contribution in [3.63, 3.8) is 0 Å². The molecule has 1 aliphatic heterocycles. The molecule has 0 saturated carbocycles. The lowest BCUT2D eigenvalue weighted by Gasteiger charge is -2.34. The highest BCUT2D eigenvalue weighted by atomic mass is 32.1. The van der Waals surface area contributed by atoms with Crippen LogP contribution in [-0.2, 0) is 0 Å². The molecule has 3 nitrogen and oxygen atoms in total. The van der Waals surface area contributed by atoms with Crippen LogP contribution in [0, 0.1) is 0 Å². The second-order valence-corrected chi connectivity index (χ2v) is 4.54. The van der Waals surface area contributed by atoms with Gasteiger partial charge in [-0.05, 0) is 24.4 Å². The average Bonchev–Trinajstić information content (AvgIpc) is 2.70. The van der Waals surface area contributed by atoms with Crippen molar-refractivity contribution in [2.75, 3.05) is 11.4 Å². The molecular weight excluding hydrogens is 196 g/mol. The maximum atomic E-state index is 8.70. The number of rotatable bonds is 1. The van der Waals surface area contributed by atoms with Crippen LogP contribution >= 0.6 is 11.3 Å². The molecule has 2 heterocycles. The van der Waals surface area contributed by atoms with Crippen LogP contribution in [0.2, 0.25) is 0 Å². The van der Waals surface area contributed by atoms with Crippen molar-refractivity contribution in [3.8, 4) is 0 Å². The molecule has 4 heteroatoms. The van der Waals surface area contributed by atoms with E-state index in [9.17, 15) is 0 Å². The Kier molecular flexibility index (Phi) is 2.72. The molecule has 1 aromatic heterocycles. The molecule has 0 bridgehead atoms. The van der Waals surface area contributed by atoms with Gasteiger partial charge in [-0.2, -0.15) is 0 Å².